The van der Waals surface area contributed by atoms with Gasteiger partial charge in [-0.25, -0.2) is 0 Å². The Kier molecular flexibility index (Phi) is 1.58. The fourth-order valence-electron chi connectivity index (χ4n) is 4.31. The SMILES string of the molecule is CNC1(O)C2CC3CC(C2)CC1C3. The molecule has 4 bridgehead atoms. The fraction of sp³-hybridized carbons (Fsp3) is 1.00. The molecule has 0 radical (unpaired) electrons. The third kappa shape index (κ3) is 0.962. The first-order valence-electron chi connectivity index (χ1n) is 5.63. The van der Waals surface area contributed by atoms with Gasteiger partial charge in [-0.3, -0.25) is 5.32 Å². The molecule has 0 amide bonds. The standard InChI is InChI=1S/C11H19NO/c1-12-11(13)9-3-7-2-8(5-9)6-10(11)4-7/h7-10,12-13H,2-6H2,1H3. The van der Waals surface area contributed by atoms with Crippen molar-refractivity contribution >= 4 is 0 Å². The van der Waals surface area contributed by atoms with Crippen LogP contribution in [0, 0.1) is 23.7 Å². The van der Waals surface area contributed by atoms with E-state index in [1.54, 1.807) is 0 Å². The average molecular weight is 181 g/mol. The van der Waals surface area contributed by atoms with Crippen molar-refractivity contribution in [2.75, 3.05) is 7.05 Å². The van der Waals surface area contributed by atoms with Crippen molar-refractivity contribution in [3.8, 4) is 0 Å². The number of hydrogen-bond acceptors (Lipinski definition) is 2. The molecular formula is C11H19NO. The summed E-state index contributed by atoms with van der Waals surface area (Å²) in [6.45, 7) is 0. The zero-order valence-electron chi connectivity index (χ0n) is 8.29. The van der Waals surface area contributed by atoms with Crippen molar-refractivity contribution in [1.29, 1.82) is 0 Å². The van der Waals surface area contributed by atoms with Crippen LogP contribution in [-0.4, -0.2) is 17.9 Å². The predicted molar refractivity (Wildman–Crippen MR) is 51.1 cm³/mol. The number of hydrogen-bond donors (Lipinski definition) is 2. The van der Waals surface area contributed by atoms with Crippen molar-refractivity contribution in [1.82, 2.24) is 5.32 Å². The highest BCUT2D eigenvalue weighted by molar-refractivity contribution is 5.04. The lowest BCUT2D eigenvalue weighted by Crippen LogP contribution is -2.64. The summed E-state index contributed by atoms with van der Waals surface area (Å²) in [5.41, 5.74) is -0.507. The minimum Gasteiger partial charge on any atom is -0.375 e. The Balaban J connectivity index is 1.93. The Morgan fingerprint density at radius 3 is 1.85 bits per heavy atom. The van der Waals surface area contributed by atoms with Crippen molar-refractivity contribution in [2.45, 2.75) is 37.8 Å². The first-order valence-corrected chi connectivity index (χ1v) is 5.63. The van der Waals surface area contributed by atoms with Crippen molar-refractivity contribution in [3.05, 3.63) is 0 Å². The van der Waals surface area contributed by atoms with Crippen LogP contribution in [0.3, 0.4) is 0 Å². The molecule has 0 aromatic rings. The van der Waals surface area contributed by atoms with E-state index in [0.717, 1.165) is 11.8 Å². The van der Waals surface area contributed by atoms with Crippen LogP contribution in [0.4, 0.5) is 0 Å². The first kappa shape index (κ1) is 8.25. The van der Waals surface area contributed by atoms with Crippen molar-refractivity contribution in [3.63, 3.8) is 0 Å². The van der Waals surface area contributed by atoms with E-state index in [2.05, 4.69) is 5.32 Å². The van der Waals surface area contributed by atoms with Gasteiger partial charge in [0, 0.05) is 11.8 Å². The van der Waals surface area contributed by atoms with Crippen LogP contribution >= 0.6 is 0 Å². The molecule has 0 heterocycles. The van der Waals surface area contributed by atoms with E-state index in [-0.39, 0.29) is 0 Å². The molecule has 2 heteroatoms. The maximum absolute atomic E-state index is 10.5. The lowest BCUT2D eigenvalue weighted by molar-refractivity contribution is -0.187. The van der Waals surface area contributed by atoms with Gasteiger partial charge in [0.05, 0.1) is 0 Å². The smallest absolute Gasteiger partial charge is 0.121 e. The zero-order chi connectivity index (χ0) is 9.05. The van der Waals surface area contributed by atoms with Gasteiger partial charge in [0.1, 0.15) is 5.72 Å². The van der Waals surface area contributed by atoms with Crippen molar-refractivity contribution < 1.29 is 5.11 Å². The minimum atomic E-state index is -0.507. The number of rotatable bonds is 1. The maximum Gasteiger partial charge on any atom is 0.121 e. The summed E-state index contributed by atoms with van der Waals surface area (Å²) < 4.78 is 0. The molecule has 13 heavy (non-hydrogen) atoms. The molecule has 74 valence electrons. The van der Waals surface area contributed by atoms with E-state index in [1.165, 1.54) is 32.1 Å². The summed E-state index contributed by atoms with van der Waals surface area (Å²) in [5.74, 6) is 2.98. The molecule has 0 spiro atoms. The van der Waals surface area contributed by atoms with Gasteiger partial charge in [0.2, 0.25) is 0 Å². The van der Waals surface area contributed by atoms with Crippen LogP contribution in [0.1, 0.15) is 32.1 Å². The molecule has 4 fully saturated rings. The molecule has 0 atom stereocenters. The van der Waals surface area contributed by atoms with Crippen molar-refractivity contribution in [2.24, 2.45) is 23.7 Å². The van der Waals surface area contributed by atoms with E-state index >= 15 is 0 Å². The van der Waals surface area contributed by atoms with Crippen LogP contribution in [0.2, 0.25) is 0 Å². The second-order valence-corrected chi connectivity index (χ2v) is 5.38. The quantitative estimate of drug-likeness (QED) is 0.598. The minimum absolute atomic E-state index is 0.507. The highest BCUT2D eigenvalue weighted by atomic mass is 16.3. The molecule has 4 rings (SSSR count). The molecule has 0 aromatic heterocycles. The van der Waals surface area contributed by atoms with Crippen LogP contribution in [-0.2, 0) is 0 Å². The Labute approximate surface area is 79.7 Å². The maximum atomic E-state index is 10.5. The summed E-state index contributed by atoms with van der Waals surface area (Å²) in [6.07, 6.45) is 6.52. The second-order valence-electron chi connectivity index (χ2n) is 5.38. The van der Waals surface area contributed by atoms with Gasteiger partial charge in [0.25, 0.3) is 0 Å². The molecule has 0 aliphatic heterocycles. The van der Waals surface area contributed by atoms with Crippen LogP contribution in [0.15, 0.2) is 0 Å². The van der Waals surface area contributed by atoms with E-state index in [0.29, 0.717) is 11.8 Å². The van der Waals surface area contributed by atoms with E-state index in [1.807, 2.05) is 7.05 Å². The lowest BCUT2D eigenvalue weighted by atomic mass is 9.52. The molecule has 0 unspecified atom stereocenters. The molecule has 4 aliphatic rings. The Morgan fingerprint density at radius 2 is 1.46 bits per heavy atom. The molecule has 2 N–H and O–H groups in total. The normalized spacial score (nSPS) is 58.6. The summed E-state index contributed by atoms with van der Waals surface area (Å²) in [6, 6.07) is 0. The predicted octanol–water partition coefficient (Wildman–Crippen LogP) is 1.35. The third-order valence-electron chi connectivity index (χ3n) is 4.78. The Morgan fingerprint density at radius 1 is 1.00 bits per heavy atom. The van der Waals surface area contributed by atoms with E-state index in [4.69, 9.17) is 0 Å². The highest BCUT2D eigenvalue weighted by Crippen LogP contribution is 2.57. The van der Waals surface area contributed by atoms with Gasteiger partial charge in [-0.1, -0.05) is 0 Å². The van der Waals surface area contributed by atoms with E-state index in [9.17, 15) is 5.11 Å². The zero-order valence-corrected chi connectivity index (χ0v) is 8.29. The average Bonchev–Trinajstić information content (AvgIpc) is 2.13. The van der Waals surface area contributed by atoms with Gasteiger partial charge < -0.3 is 5.11 Å². The van der Waals surface area contributed by atoms with Crippen LogP contribution < -0.4 is 5.32 Å². The molecule has 0 saturated heterocycles. The van der Waals surface area contributed by atoms with Crippen LogP contribution in [0.25, 0.3) is 0 Å². The van der Waals surface area contributed by atoms with Gasteiger partial charge in [-0.15, -0.1) is 0 Å². The molecule has 4 aliphatic carbocycles. The van der Waals surface area contributed by atoms with Gasteiger partial charge in [0.15, 0.2) is 0 Å². The summed E-state index contributed by atoms with van der Waals surface area (Å²) in [5, 5.41) is 13.7. The van der Waals surface area contributed by atoms with E-state index < -0.39 is 5.72 Å². The fourth-order valence-corrected chi connectivity index (χ4v) is 4.31. The topological polar surface area (TPSA) is 32.3 Å². The third-order valence-corrected chi connectivity index (χ3v) is 4.78. The number of nitrogens with one attached hydrogen (secondary N) is 1. The molecular weight excluding hydrogens is 162 g/mol. The molecule has 4 saturated carbocycles. The number of aliphatic hydroxyl groups is 1. The summed E-state index contributed by atoms with van der Waals surface area (Å²) >= 11 is 0. The van der Waals surface area contributed by atoms with Gasteiger partial charge in [-0.2, -0.15) is 0 Å². The summed E-state index contributed by atoms with van der Waals surface area (Å²) in [4.78, 5) is 0. The molecule has 2 nitrogen and oxygen atoms in total. The van der Waals surface area contributed by atoms with Gasteiger partial charge in [-0.05, 0) is 51.0 Å². The molecule has 0 aromatic carbocycles. The van der Waals surface area contributed by atoms with Gasteiger partial charge >= 0.3 is 0 Å². The second kappa shape index (κ2) is 2.48. The summed E-state index contributed by atoms with van der Waals surface area (Å²) in [7, 11) is 1.92. The Bertz CT molecular complexity index is 198. The highest BCUT2D eigenvalue weighted by Gasteiger charge is 2.55. The lowest BCUT2D eigenvalue weighted by Gasteiger charge is -2.58. The largest absolute Gasteiger partial charge is 0.375 e. The first-order chi connectivity index (χ1) is 6.22. The Hall–Kier alpha value is -0.0800. The monoisotopic (exact) mass is 181 g/mol. The van der Waals surface area contributed by atoms with Crippen LogP contribution in [0.5, 0.6) is 0 Å².